The highest BCUT2D eigenvalue weighted by Gasteiger charge is 2.54. The molecule has 2 fully saturated rings. The van der Waals surface area contributed by atoms with Crippen molar-refractivity contribution in [3.05, 3.63) is 0 Å². The summed E-state index contributed by atoms with van der Waals surface area (Å²) in [6.45, 7) is 4.36. The van der Waals surface area contributed by atoms with E-state index < -0.39 is 0 Å². The van der Waals surface area contributed by atoms with E-state index in [0.29, 0.717) is 12.2 Å². The van der Waals surface area contributed by atoms with Crippen LogP contribution in [-0.4, -0.2) is 17.0 Å². The Kier molecular flexibility index (Phi) is 2.22. The maximum absolute atomic E-state index is 11.5. The van der Waals surface area contributed by atoms with Crippen molar-refractivity contribution in [3.63, 3.8) is 0 Å². The highest BCUT2D eigenvalue weighted by molar-refractivity contribution is 5.80. The summed E-state index contributed by atoms with van der Waals surface area (Å²) in [4.78, 5) is 11.5. The van der Waals surface area contributed by atoms with Crippen molar-refractivity contribution in [3.8, 4) is 0 Å². The van der Waals surface area contributed by atoms with Crippen molar-refractivity contribution in [2.45, 2.75) is 58.5 Å². The highest BCUT2D eigenvalue weighted by Crippen LogP contribution is 2.57. The second kappa shape index (κ2) is 3.06. The summed E-state index contributed by atoms with van der Waals surface area (Å²) < 4.78 is 0. The first kappa shape index (κ1) is 10.2. The van der Waals surface area contributed by atoms with Crippen LogP contribution >= 0.6 is 0 Å². The lowest BCUT2D eigenvalue weighted by Gasteiger charge is -2.55. The van der Waals surface area contributed by atoms with Gasteiger partial charge in [0.25, 0.3) is 0 Å². The van der Waals surface area contributed by atoms with E-state index in [1.54, 1.807) is 0 Å². The van der Waals surface area contributed by atoms with Gasteiger partial charge < -0.3 is 5.11 Å². The van der Waals surface area contributed by atoms with Crippen molar-refractivity contribution in [1.29, 1.82) is 0 Å². The minimum Gasteiger partial charge on any atom is -0.393 e. The predicted octanol–water partition coefficient (Wildman–Crippen LogP) is 2.30. The van der Waals surface area contributed by atoms with E-state index in [1.165, 1.54) is 6.42 Å². The van der Waals surface area contributed by atoms with Crippen LogP contribution in [0.5, 0.6) is 0 Å². The molecule has 2 nitrogen and oxygen atoms in total. The van der Waals surface area contributed by atoms with Gasteiger partial charge in [-0.1, -0.05) is 20.3 Å². The van der Waals surface area contributed by atoms with Crippen LogP contribution in [0.15, 0.2) is 0 Å². The molecule has 0 aromatic rings. The molecule has 3 atom stereocenters. The lowest BCUT2D eigenvalue weighted by Crippen LogP contribution is -2.53. The number of carbonyl (C=O) groups is 1. The van der Waals surface area contributed by atoms with E-state index >= 15 is 0 Å². The van der Waals surface area contributed by atoms with Crippen LogP contribution < -0.4 is 0 Å². The Balaban J connectivity index is 2.32. The third kappa shape index (κ3) is 1.23. The number of aliphatic hydroxyl groups excluding tert-OH is 1. The molecule has 2 heteroatoms. The summed E-state index contributed by atoms with van der Waals surface area (Å²) in [6.07, 6.45) is 5.17. The number of fused-ring (bicyclic) bond motifs is 1. The van der Waals surface area contributed by atoms with Crippen LogP contribution in [0.4, 0.5) is 0 Å². The van der Waals surface area contributed by atoms with Crippen molar-refractivity contribution in [2.24, 2.45) is 10.8 Å². The third-order valence-corrected chi connectivity index (χ3v) is 4.84. The van der Waals surface area contributed by atoms with Gasteiger partial charge >= 0.3 is 0 Å². The largest absolute Gasteiger partial charge is 0.393 e. The Morgan fingerprint density at radius 3 is 2.79 bits per heavy atom. The fourth-order valence-electron chi connectivity index (χ4n) is 3.35. The third-order valence-electron chi connectivity index (χ3n) is 4.84. The molecular formula is C12H20O2. The van der Waals surface area contributed by atoms with Gasteiger partial charge in [-0.2, -0.15) is 0 Å². The molecule has 2 aliphatic carbocycles. The highest BCUT2D eigenvalue weighted by atomic mass is 16.3. The second-order valence-corrected chi connectivity index (χ2v) is 5.60. The summed E-state index contributed by atoms with van der Waals surface area (Å²) in [7, 11) is 0. The molecular weight excluding hydrogens is 176 g/mol. The van der Waals surface area contributed by atoms with E-state index in [4.69, 9.17) is 0 Å². The minimum atomic E-state index is -0.273. The summed E-state index contributed by atoms with van der Waals surface area (Å²) in [5, 5.41) is 10.1. The standard InChI is InChI=1S/C12H20O2/c1-11-6-3-4-10(14)12(11,2)8-9(13)5-7-11/h10,14H,3-8H2,1-2H3/t10-,11-,12-/m1/s1. The Labute approximate surface area is 85.7 Å². The predicted molar refractivity (Wildman–Crippen MR) is 54.9 cm³/mol. The zero-order valence-corrected chi connectivity index (χ0v) is 9.18. The van der Waals surface area contributed by atoms with Crippen LogP contribution in [0.25, 0.3) is 0 Å². The number of rotatable bonds is 0. The Morgan fingerprint density at radius 2 is 2.07 bits per heavy atom. The molecule has 0 radical (unpaired) electrons. The summed E-state index contributed by atoms with van der Waals surface area (Å²) >= 11 is 0. The molecule has 0 bridgehead atoms. The maximum Gasteiger partial charge on any atom is 0.133 e. The first-order chi connectivity index (χ1) is 6.48. The van der Waals surface area contributed by atoms with Gasteiger partial charge in [-0.05, 0) is 24.7 Å². The van der Waals surface area contributed by atoms with Gasteiger partial charge in [0.05, 0.1) is 6.10 Å². The molecule has 0 unspecified atom stereocenters. The number of Topliss-reactive ketones (excluding diaryl/α,β-unsaturated/α-hetero) is 1. The molecule has 2 aliphatic rings. The summed E-state index contributed by atoms with van der Waals surface area (Å²) in [6, 6.07) is 0. The lowest BCUT2D eigenvalue weighted by atomic mass is 9.50. The monoisotopic (exact) mass is 196 g/mol. The van der Waals surface area contributed by atoms with Crippen LogP contribution in [-0.2, 0) is 4.79 Å². The number of aliphatic hydroxyl groups is 1. The Morgan fingerprint density at radius 1 is 1.36 bits per heavy atom. The Hall–Kier alpha value is -0.370. The topological polar surface area (TPSA) is 37.3 Å². The summed E-state index contributed by atoms with van der Waals surface area (Å²) in [5.41, 5.74) is 0.0408. The van der Waals surface area contributed by atoms with Gasteiger partial charge in [0.1, 0.15) is 5.78 Å². The molecule has 0 spiro atoms. The van der Waals surface area contributed by atoms with Crippen LogP contribution in [0.1, 0.15) is 52.4 Å². The van der Waals surface area contributed by atoms with Gasteiger partial charge in [-0.25, -0.2) is 0 Å². The molecule has 2 rings (SSSR count). The fourth-order valence-corrected chi connectivity index (χ4v) is 3.35. The normalized spacial score (nSPS) is 48.8. The quantitative estimate of drug-likeness (QED) is 0.645. The van der Waals surface area contributed by atoms with Gasteiger partial charge in [0.2, 0.25) is 0 Å². The summed E-state index contributed by atoms with van der Waals surface area (Å²) in [5.74, 6) is 0.339. The molecule has 14 heavy (non-hydrogen) atoms. The molecule has 0 amide bonds. The smallest absolute Gasteiger partial charge is 0.133 e. The number of hydrogen-bond donors (Lipinski definition) is 1. The van der Waals surface area contributed by atoms with Gasteiger partial charge in [0.15, 0.2) is 0 Å². The number of ketones is 1. The van der Waals surface area contributed by atoms with E-state index in [1.807, 2.05) is 0 Å². The zero-order chi connectivity index (χ0) is 10.4. The van der Waals surface area contributed by atoms with Crippen molar-refractivity contribution in [2.75, 3.05) is 0 Å². The van der Waals surface area contributed by atoms with Crippen LogP contribution in [0, 0.1) is 10.8 Å². The van der Waals surface area contributed by atoms with Crippen LogP contribution in [0.2, 0.25) is 0 Å². The minimum absolute atomic E-state index is 0.152. The van der Waals surface area contributed by atoms with Gasteiger partial charge in [0, 0.05) is 18.3 Å². The van der Waals surface area contributed by atoms with E-state index in [9.17, 15) is 9.90 Å². The van der Waals surface area contributed by atoms with Gasteiger partial charge in [-0.3, -0.25) is 4.79 Å². The average Bonchev–Trinajstić information content (AvgIpc) is 2.11. The first-order valence-electron chi connectivity index (χ1n) is 5.68. The molecule has 0 aromatic carbocycles. The van der Waals surface area contributed by atoms with E-state index in [0.717, 1.165) is 25.7 Å². The molecule has 1 N–H and O–H groups in total. The Bertz CT molecular complexity index is 261. The van der Waals surface area contributed by atoms with Gasteiger partial charge in [-0.15, -0.1) is 0 Å². The number of hydrogen-bond acceptors (Lipinski definition) is 2. The lowest BCUT2D eigenvalue weighted by molar-refractivity contribution is -0.149. The molecule has 80 valence electrons. The molecule has 0 aliphatic heterocycles. The molecule has 0 saturated heterocycles. The molecule has 0 heterocycles. The maximum atomic E-state index is 11.5. The molecule has 2 saturated carbocycles. The SMILES string of the molecule is C[C@]12CCC[C@@H](O)[C@@]1(C)CC(=O)CC2. The van der Waals surface area contributed by atoms with Crippen molar-refractivity contribution in [1.82, 2.24) is 0 Å². The van der Waals surface area contributed by atoms with E-state index in [2.05, 4.69) is 13.8 Å². The fraction of sp³-hybridized carbons (Fsp3) is 0.917. The number of carbonyl (C=O) groups excluding carboxylic acids is 1. The first-order valence-corrected chi connectivity index (χ1v) is 5.68. The second-order valence-electron chi connectivity index (χ2n) is 5.60. The van der Waals surface area contributed by atoms with E-state index in [-0.39, 0.29) is 16.9 Å². The van der Waals surface area contributed by atoms with Crippen molar-refractivity contribution >= 4 is 5.78 Å². The van der Waals surface area contributed by atoms with Crippen LogP contribution in [0.3, 0.4) is 0 Å². The molecule has 0 aromatic heterocycles. The average molecular weight is 196 g/mol. The zero-order valence-electron chi connectivity index (χ0n) is 9.18. The van der Waals surface area contributed by atoms with Crippen molar-refractivity contribution < 1.29 is 9.90 Å².